The summed E-state index contributed by atoms with van der Waals surface area (Å²) in [5.74, 6) is 1.98. The maximum absolute atomic E-state index is 14.0. The number of benzene rings is 2. The summed E-state index contributed by atoms with van der Waals surface area (Å²) in [5.41, 5.74) is 2.62. The molecule has 0 amide bonds. The Hall–Kier alpha value is -2.80. The third kappa shape index (κ3) is 6.35. The summed E-state index contributed by atoms with van der Waals surface area (Å²) in [4.78, 5) is 6.24. The molecule has 0 bridgehead atoms. The van der Waals surface area contributed by atoms with Crippen LogP contribution in [0.25, 0.3) is 0 Å². The lowest BCUT2D eigenvalue weighted by Gasteiger charge is -2.21. The van der Waals surface area contributed by atoms with Crippen LogP contribution in [0.1, 0.15) is 29.7 Å². The van der Waals surface area contributed by atoms with Gasteiger partial charge in [0.2, 0.25) is 0 Å². The molecule has 0 aromatic heterocycles. The Kier molecular flexibility index (Phi) is 8.27. The van der Waals surface area contributed by atoms with Gasteiger partial charge >= 0.3 is 0 Å². The van der Waals surface area contributed by atoms with Gasteiger partial charge in [0.15, 0.2) is 5.96 Å². The molecule has 1 atom stereocenters. The molecule has 0 spiro atoms. The Balaban J connectivity index is 2.06. The average Bonchev–Trinajstić information content (AvgIpc) is 2.72. The number of halogens is 1. The zero-order valence-electron chi connectivity index (χ0n) is 18.0. The fourth-order valence-corrected chi connectivity index (χ4v) is 3.04. The number of ether oxygens (including phenoxy) is 2. The van der Waals surface area contributed by atoms with Crippen molar-refractivity contribution in [1.29, 1.82) is 0 Å². The summed E-state index contributed by atoms with van der Waals surface area (Å²) in [5, 5.41) is 6.64. The smallest absolute Gasteiger partial charge is 0.191 e. The minimum Gasteiger partial charge on any atom is -0.497 e. The van der Waals surface area contributed by atoms with Gasteiger partial charge in [-0.25, -0.2) is 4.39 Å². The Morgan fingerprint density at radius 1 is 1.14 bits per heavy atom. The molecule has 2 rings (SSSR count). The highest BCUT2D eigenvalue weighted by Gasteiger charge is 2.14. The molecule has 0 aliphatic heterocycles. The highest BCUT2D eigenvalue weighted by Crippen LogP contribution is 2.29. The molecule has 7 heteroatoms. The summed E-state index contributed by atoms with van der Waals surface area (Å²) in [6, 6.07) is 10.8. The van der Waals surface area contributed by atoms with Crippen LogP contribution in [0.3, 0.4) is 0 Å². The largest absolute Gasteiger partial charge is 0.497 e. The normalized spacial score (nSPS) is 12.6. The molecule has 0 aliphatic carbocycles. The zero-order chi connectivity index (χ0) is 21.4. The first-order valence-corrected chi connectivity index (χ1v) is 9.49. The molecule has 2 N–H and O–H groups in total. The van der Waals surface area contributed by atoms with Crippen molar-refractivity contribution in [2.75, 3.05) is 35.4 Å². The van der Waals surface area contributed by atoms with Crippen LogP contribution in [0.2, 0.25) is 0 Å². The Labute approximate surface area is 172 Å². The predicted molar refractivity (Wildman–Crippen MR) is 115 cm³/mol. The number of hydrogen-bond acceptors (Lipinski definition) is 4. The topological polar surface area (TPSA) is 58.1 Å². The summed E-state index contributed by atoms with van der Waals surface area (Å²) in [7, 11) is 8.84. The van der Waals surface area contributed by atoms with Crippen LogP contribution < -0.4 is 20.1 Å². The van der Waals surface area contributed by atoms with Gasteiger partial charge < -0.3 is 25.0 Å². The fourth-order valence-electron chi connectivity index (χ4n) is 3.04. The molecule has 1 unspecified atom stereocenters. The van der Waals surface area contributed by atoms with Crippen LogP contribution in [-0.2, 0) is 13.1 Å². The van der Waals surface area contributed by atoms with E-state index in [4.69, 9.17) is 9.47 Å². The van der Waals surface area contributed by atoms with Gasteiger partial charge in [-0.3, -0.25) is 4.99 Å². The molecule has 158 valence electrons. The SMILES string of the molecule is CN=C(NCc1ccc(F)c(CN(C)C)c1)NC(C)c1cc(OC)ccc1OC. The average molecular weight is 403 g/mol. The van der Waals surface area contributed by atoms with Crippen molar-refractivity contribution in [3.8, 4) is 11.5 Å². The molecule has 0 fully saturated rings. The zero-order valence-corrected chi connectivity index (χ0v) is 18.0. The first-order valence-electron chi connectivity index (χ1n) is 9.49. The standard InChI is InChI=1S/C22H31FN4O2/c1-15(19-12-18(28-5)8-10-21(19)29-6)26-22(24-2)25-13-16-7-9-20(23)17(11-16)14-27(3)4/h7-12,15H,13-14H2,1-6H3,(H2,24,25,26). The van der Waals surface area contributed by atoms with Crippen LogP contribution >= 0.6 is 0 Å². The number of hydrogen-bond donors (Lipinski definition) is 2. The summed E-state index contributed by atoms with van der Waals surface area (Å²) >= 11 is 0. The minimum absolute atomic E-state index is 0.0660. The van der Waals surface area contributed by atoms with Crippen LogP contribution in [0.5, 0.6) is 11.5 Å². The van der Waals surface area contributed by atoms with Gasteiger partial charge in [0, 0.05) is 31.3 Å². The van der Waals surface area contributed by atoms with Gasteiger partial charge in [-0.1, -0.05) is 6.07 Å². The molecule has 6 nitrogen and oxygen atoms in total. The molecule has 0 radical (unpaired) electrons. The van der Waals surface area contributed by atoms with Crippen molar-refractivity contribution in [3.63, 3.8) is 0 Å². The van der Waals surface area contributed by atoms with E-state index in [-0.39, 0.29) is 11.9 Å². The van der Waals surface area contributed by atoms with Gasteiger partial charge in [0.1, 0.15) is 17.3 Å². The van der Waals surface area contributed by atoms with Crippen molar-refractivity contribution in [2.45, 2.75) is 26.1 Å². The maximum atomic E-state index is 14.0. The van der Waals surface area contributed by atoms with Crippen molar-refractivity contribution in [3.05, 3.63) is 58.9 Å². The number of nitrogens with zero attached hydrogens (tertiary/aromatic N) is 2. The van der Waals surface area contributed by atoms with Gasteiger partial charge in [-0.2, -0.15) is 0 Å². The van der Waals surface area contributed by atoms with Crippen molar-refractivity contribution >= 4 is 5.96 Å². The van der Waals surface area contributed by atoms with E-state index in [1.165, 1.54) is 6.07 Å². The molecule has 29 heavy (non-hydrogen) atoms. The summed E-state index contributed by atoms with van der Waals surface area (Å²) < 4.78 is 24.8. The second-order valence-electron chi connectivity index (χ2n) is 7.06. The second kappa shape index (κ2) is 10.7. The first kappa shape index (κ1) is 22.5. The van der Waals surface area contributed by atoms with E-state index in [1.54, 1.807) is 27.3 Å². The lowest BCUT2D eigenvalue weighted by molar-refractivity contribution is 0.392. The van der Waals surface area contributed by atoms with Gasteiger partial charge in [0.05, 0.1) is 20.3 Å². The van der Waals surface area contributed by atoms with Crippen molar-refractivity contribution in [2.24, 2.45) is 4.99 Å². The van der Waals surface area contributed by atoms with Crippen LogP contribution in [0.15, 0.2) is 41.4 Å². The van der Waals surface area contributed by atoms with E-state index in [9.17, 15) is 4.39 Å². The van der Waals surface area contributed by atoms with Gasteiger partial charge in [0.25, 0.3) is 0 Å². The number of guanidine groups is 1. The molecular formula is C22H31FN4O2. The summed E-state index contributed by atoms with van der Waals surface area (Å²) in [6.45, 7) is 3.11. The molecular weight excluding hydrogens is 371 g/mol. The monoisotopic (exact) mass is 402 g/mol. The molecule has 2 aromatic carbocycles. The van der Waals surface area contributed by atoms with E-state index >= 15 is 0 Å². The molecule has 0 saturated carbocycles. The number of rotatable bonds is 8. The van der Waals surface area contributed by atoms with Crippen LogP contribution in [0.4, 0.5) is 4.39 Å². The minimum atomic E-state index is -0.191. The van der Waals surface area contributed by atoms with Crippen molar-refractivity contribution < 1.29 is 13.9 Å². The van der Waals surface area contributed by atoms with Crippen molar-refractivity contribution in [1.82, 2.24) is 15.5 Å². The number of aliphatic imine (C=N–C) groups is 1. The Morgan fingerprint density at radius 3 is 2.52 bits per heavy atom. The van der Waals surface area contributed by atoms with E-state index in [1.807, 2.05) is 50.2 Å². The maximum Gasteiger partial charge on any atom is 0.191 e. The quantitative estimate of drug-likeness (QED) is 0.524. The van der Waals surface area contributed by atoms with Gasteiger partial charge in [-0.15, -0.1) is 0 Å². The second-order valence-corrected chi connectivity index (χ2v) is 7.06. The third-order valence-electron chi connectivity index (χ3n) is 4.54. The highest BCUT2D eigenvalue weighted by molar-refractivity contribution is 5.80. The number of nitrogens with one attached hydrogen (secondary N) is 2. The molecule has 0 heterocycles. The molecule has 0 aliphatic rings. The lowest BCUT2D eigenvalue weighted by Crippen LogP contribution is -2.38. The van der Waals surface area contributed by atoms with Crippen LogP contribution in [0, 0.1) is 5.82 Å². The fraction of sp³-hybridized carbons (Fsp3) is 0.409. The van der Waals surface area contributed by atoms with Gasteiger partial charge in [-0.05, 0) is 56.9 Å². The summed E-state index contributed by atoms with van der Waals surface area (Å²) in [6.07, 6.45) is 0. The van der Waals surface area contributed by atoms with E-state index in [0.29, 0.717) is 24.6 Å². The predicted octanol–water partition coefficient (Wildman–Crippen LogP) is 3.33. The Bertz CT molecular complexity index is 840. The van der Waals surface area contributed by atoms with E-state index in [2.05, 4.69) is 15.6 Å². The number of methoxy groups -OCH3 is 2. The molecule has 0 saturated heterocycles. The first-order chi connectivity index (χ1) is 13.9. The highest BCUT2D eigenvalue weighted by atomic mass is 19.1. The van der Waals surface area contributed by atoms with Crippen LogP contribution in [-0.4, -0.2) is 46.2 Å². The lowest BCUT2D eigenvalue weighted by atomic mass is 10.1. The van der Waals surface area contributed by atoms with E-state index in [0.717, 1.165) is 22.6 Å². The molecule has 2 aromatic rings. The van der Waals surface area contributed by atoms with E-state index < -0.39 is 0 Å². The Morgan fingerprint density at radius 2 is 1.90 bits per heavy atom. The third-order valence-corrected chi connectivity index (χ3v) is 4.54.